The van der Waals surface area contributed by atoms with E-state index >= 15 is 0 Å². The molecule has 0 saturated heterocycles. The van der Waals surface area contributed by atoms with E-state index in [-0.39, 0.29) is 6.04 Å². The van der Waals surface area contributed by atoms with Gasteiger partial charge in [0.25, 0.3) is 0 Å². The minimum atomic E-state index is -3.25. The first-order valence-corrected chi connectivity index (χ1v) is 6.88. The average molecular weight is 231 g/mol. The number of hydrogen-bond donors (Lipinski definition) is 1. The Bertz CT molecular complexity index is 443. The quantitative estimate of drug-likeness (QED) is 0.862. The van der Waals surface area contributed by atoms with Gasteiger partial charge in [-0.3, -0.25) is 0 Å². The SMILES string of the molecule is Cc1cc(S(=O)(=O)NC2CC2)c(C)s1. The van der Waals surface area contributed by atoms with E-state index in [1.165, 1.54) is 11.3 Å². The summed E-state index contributed by atoms with van der Waals surface area (Å²) in [6.45, 7) is 3.77. The lowest BCUT2D eigenvalue weighted by Crippen LogP contribution is -2.25. The molecule has 0 bridgehead atoms. The predicted octanol–water partition coefficient (Wildman–Crippen LogP) is 1.81. The Kier molecular flexibility index (Phi) is 2.41. The first kappa shape index (κ1) is 10.1. The second kappa shape index (κ2) is 3.32. The first-order valence-electron chi connectivity index (χ1n) is 4.58. The zero-order chi connectivity index (χ0) is 10.3. The predicted molar refractivity (Wildman–Crippen MR) is 57.1 cm³/mol. The van der Waals surface area contributed by atoms with Crippen molar-refractivity contribution < 1.29 is 8.42 Å². The molecule has 0 atom stereocenters. The van der Waals surface area contributed by atoms with E-state index < -0.39 is 10.0 Å². The van der Waals surface area contributed by atoms with E-state index in [1.54, 1.807) is 6.07 Å². The second-order valence-corrected chi connectivity index (χ2v) is 6.82. The van der Waals surface area contributed by atoms with Crippen LogP contribution < -0.4 is 4.72 Å². The van der Waals surface area contributed by atoms with E-state index in [4.69, 9.17) is 0 Å². The van der Waals surface area contributed by atoms with Gasteiger partial charge in [-0.2, -0.15) is 0 Å². The standard InChI is InChI=1S/C9H13NO2S2/c1-6-5-9(7(2)13-6)14(11,12)10-8-3-4-8/h5,8,10H,3-4H2,1-2H3. The monoisotopic (exact) mass is 231 g/mol. The highest BCUT2D eigenvalue weighted by atomic mass is 32.2. The third kappa shape index (κ3) is 1.99. The highest BCUT2D eigenvalue weighted by Crippen LogP contribution is 2.27. The van der Waals surface area contributed by atoms with Crippen LogP contribution >= 0.6 is 11.3 Å². The van der Waals surface area contributed by atoms with E-state index in [1.807, 2.05) is 13.8 Å². The Balaban J connectivity index is 2.32. The van der Waals surface area contributed by atoms with Crippen molar-refractivity contribution in [2.24, 2.45) is 0 Å². The molecule has 0 aliphatic heterocycles. The van der Waals surface area contributed by atoms with Crippen LogP contribution in [0.1, 0.15) is 22.6 Å². The third-order valence-electron chi connectivity index (χ3n) is 2.18. The molecule has 1 fully saturated rings. The molecule has 1 N–H and O–H groups in total. The van der Waals surface area contributed by atoms with E-state index in [9.17, 15) is 8.42 Å². The van der Waals surface area contributed by atoms with E-state index in [2.05, 4.69) is 4.72 Å². The Labute approximate surface area is 88.2 Å². The number of nitrogens with one attached hydrogen (secondary N) is 1. The number of thiophene rings is 1. The largest absolute Gasteiger partial charge is 0.241 e. The Morgan fingerprint density at radius 1 is 1.43 bits per heavy atom. The molecule has 3 nitrogen and oxygen atoms in total. The lowest BCUT2D eigenvalue weighted by atomic mass is 10.4. The van der Waals surface area contributed by atoms with Crippen molar-refractivity contribution in [1.82, 2.24) is 4.72 Å². The van der Waals surface area contributed by atoms with Crippen LogP contribution in [0, 0.1) is 13.8 Å². The first-order chi connectivity index (χ1) is 6.49. The molecule has 0 radical (unpaired) electrons. The van der Waals surface area contributed by atoms with Crippen LogP contribution in [0.3, 0.4) is 0 Å². The number of sulfonamides is 1. The Morgan fingerprint density at radius 2 is 2.07 bits per heavy atom. The van der Waals surface area contributed by atoms with E-state index in [0.29, 0.717) is 4.90 Å². The summed E-state index contributed by atoms with van der Waals surface area (Å²) in [7, 11) is -3.25. The minimum absolute atomic E-state index is 0.180. The van der Waals surface area contributed by atoms with Crippen molar-refractivity contribution in [2.75, 3.05) is 0 Å². The summed E-state index contributed by atoms with van der Waals surface area (Å²) in [5, 5.41) is 0. The zero-order valence-corrected chi connectivity index (χ0v) is 9.83. The second-order valence-electron chi connectivity index (χ2n) is 3.67. The average Bonchev–Trinajstić information content (AvgIpc) is 2.76. The van der Waals surface area contributed by atoms with Crippen LogP contribution in [-0.4, -0.2) is 14.5 Å². The number of aryl methyl sites for hydroxylation is 2. The topological polar surface area (TPSA) is 46.2 Å². The normalized spacial score (nSPS) is 17.3. The highest BCUT2D eigenvalue weighted by Gasteiger charge is 2.29. The fraction of sp³-hybridized carbons (Fsp3) is 0.556. The molecule has 1 aliphatic rings. The molecule has 14 heavy (non-hydrogen) atoms. The lowest BCUT2D eigenvalue weighted by Gasteiger charge is -2.03. The van der Waals surface area contributed by atoms with Crippen LogP contribution in [0.25, 0.3) is 0 Å². The van der Waals surface area contributed by atoms with Crippen molar-refractivity contribution in [1.29, 1.82) is 0 Å². The van der Waals surface area contributed by atoms with Gasteiger partial charge in [-0.15, -0.1) is 11.3 Å². The fourth-order valence-electron chi connectivity index (χ4n) is 1.36. The molecule has 5 heteroatoms. The van der Waals surface area contributed by atoms with Crippen LogP contribution in [0.15, 0.2) is 11.0 Å². The van der Waals surface area contributed by atoms with Gasteiger partial charge < -0.3 is 0 Å². The zero-order valence-electron chi connectivity index (χ0n) is 8.20. The maximum atomic E-state index is 11.8. The van der Waals surface area contributed by atoms with Crippen molar-refractivity contribution in [3.05, 3.63) is 15.8 Å². The number of hydrogen-bond acceptors (Lipinski definition) is 3. The van der Waals surface area contributed by atoms with E-state index in [0.717, 1.165) is 22.6 Å². The maximum Gasteiger partial charge on any atom is 0.241 e. The molecule has 0 aromatic carbocycles. The highest BCUT2D eigenvalue weighted by molar-refractivity contribution is 7.89. The van der Waals surface area contributed by atoms with Crippen LogP contribution in [0.5, 0.6) is 0 Å². The fourth-order valence-corrected chi connectivity index (χ4v) is 4.22. The van der Waals surface area contributed by atoms with Crippen LogP contribution in [0.2, 0.25) is 0 Å². The Hall–Kier alpha value is -0.390. The van der Waals surface area contributed by atoms with Gasteiger partial charge >= 0.3 is 0 Å². The minimum Gasteiger partial charge on any atom is -0.208 e. The summed E-state index contributed by atoms with van der Waals surface area (Å²) in [4.78, 5) is 2.36. The van der Waals surface area contributed by atoms with Gasteiger partial charge in [-0.05, 0) is 32.8 Å². The molecule has 1 aromatic rings. The molecule has 78 valence electrons. The van der Waals surface area contributed by atoms with Gasteiger partial charge in [0.1, 0.15) is 0 Å². The van der Waals surface area contributed by atoms with Crippen molar-refractivity contribution in [2.45, 2.75) is 37.6 Å². The molecule has 0 spiro atoms. The molecular formula is C9H13NO2S2. The molecule has 1 aromatic heterocycles. The van der Waals surface area contributed by atoms with Gasteiger partial charge in [-0.25, -0.2) is 13.1 Å². The Morgan fingerprint density at radius 3 is 2.50 bits per heavy atom. The maximum absolute atomic E-state index is 11.8. The lowest BCUT2D eigenvalue weighted by molar-refractivity contribution is 0.581. The summed E-state index contributed by atoms with van der Waals surface area (Å²) in [6, 6.07) is 1.92. The van der Waals surface area contributed by atoms with Gasteiger partial charge in [0, 0.05) is 15.8 Å². The summed E-state index contributed by atoms with van der Waals surface area (Å²) in [5.41, 5.74) is 0. The van der Waals surface area contributed by atoms with Gasteiger partial charge in [0.15, 0.2) is 0 Å². The molecule has 2 rings (SSSR count). The van der Waals surface area contributed by atoms with Crippen molar-refractivity contribution in [3.8, 4) is 0 Å². The third-order valence-corrected chi connectivity index (χ3v) is 4.93. The molecule has 0 unspecified atom stereocenters. The molecule has 0 amide bonds. The smallest absolute Gasteiger partial charge is 0.208 e. The summed E-state index contributed by atoms with van der Waals surface area (Å²) in [6.07, 6.45) is 1.95. The van der Waals surface area contributed by atoms with Crippen molar-refractivity contribution in [3.63, 3.8) is 0 Å². The summed E-state index contributed by atoms with van der Waals surface area (Å²) in [5.74, 6) is 0. The van der Waals surface area contributed by atoms with Gasteiger partial charge in [0.05, 0.1) is 4.90 Å². The summed E-state index contributed by atoms with van der Waals surface area (Å²) >= 11 is 1.52. The van der Waals surface area contributed by atoms with Crippen LogP contribution in [-0.2, 0) is 10.0 Å². The molecular weight excluding hydrogens is 218 g/mol. The molecule has 1 aliphatic carbocycles. The van der Waals surface area contributed by atoms with Gasteiger partial charge in [-0.1, -0.05) is 0 Å². The van der Waals surface area contributed by atoms with Crippen molar-refractivity contribution >= 4 is 21.4 Å². The molecule has 1 saturated carbocycles. The van der Waals surface area contributed by atoms with Crippen LogP contribution in [0.4, 0.5) is 0 Å². The summed E-state index contributed by atoms with van der Waals surface area (Å²) < 4.78 is 26.3. The molecule has 1 heterocycles. The number of rotatable bonds is 3. The van der Waals surface area contributed by atoms with Gasteiger partial charge in [0.2, 0.25) is 10.0 Å².